The van der Waals surface area contributed by atoms with E-state index < -0.39 is 28.2 Å². The third-order valence-electron chi connectivity index (χ3n) is 5.79. The number of rotatable bonds is 7. The summed E-state index contributed by atoms with van der Waals surface area (Å²) in [5.74, 6) is -0.202. The molecule has 1 aliphatic carbocycles. The van der Waals surface area contributed by atoms with E-state index in [9.17, 15) is 13.7 Å². The van der Waals surface area contributed by atoms with E-state index in [0.29, 0.717) is 42.4 Å². The van der Waals surface area contributed by atoms with E-state index in [1.807, 2.05) is 27.7 Å². The number of hydrogen-bond acceptors (Lipinski definition) is 6. The van der Waals surface area contributed by atoms with Crippen LogP contribution in [0.3, 0.4) is 0 Å². The summed E-state index contributed by atoms with van der Waals surface area (Å²) in [6, 6.07) is 1.57. The second kappa shape index (κ2) is 8.93. The van der Waals surface area contributed by atoms with Gasteiger partial charge in [0.1, 0.15) is 22.2 Å². The smallest absolute Gasteiger partial charge is 0.228 e. The van der Waals surface area contributed by atoms with Gasteiger partial charge in [-0.25, -0.2) is 14.4 Å². The number of halogens is 2. The highest BCUT2D eigenvalue weighted by molar-refractivity contribution is 7.90. The fourth-order valence-corrected chi connectivity index (χ4v) is 4.72. The average molecular weight is 483 g/mol. The number of ether oxygens (including phenoxy) is 1. The van der Waals surface area contributed by atoms with Crippen molar-refractivity contribution in [2.45, 2.75) is 63.6 Å². The summed E-state index contributed by atoms with van der Waals surface area (Å²) >= 11 is 4.93. The quantitative estimate of drug-likeness (QED) is 0.477. The molecule has 1 saturated carbocycles. The van der Waals surface area contributed by atoms with Crippen molar-refractivity contribution in [3.05, 3.63) is 29.2 Å². The van der Waals surface area contributed by atoms with Crippen LogP contribution in [0.15, 0.2) is 18.5 Å². The van der Waals surface area contributed by atoms with Gasteiger partial charge in [0.05, 0.1) is 30.4 Å². The molecule has 1 aliphatic heterocycles. The van der Waals surface area contributed by atoms with Gasteiger partial charge in [0, 0.05) is 29.3 Å². The van der Waals surface area contributed by atoms with Gasteiger partial charge >= 0.3 is 0 Å². The summed E-state index contributed by atoms with van der Waals surface area (Å²) < 4.78 is 34.7. The average Bonchev–Trinajstić information content (AvgIpc) is 3.43. The van der Waals surface area contributed by atoms with Gasteiger partial charge in [0.2, 0.25) is 11.8 Å². The molecule has 174 valence electrons. The Morgan fingerprint density at radius 1 is 1.38 bits per heavy atom. The molecule has 3 heterocycles. The fraction of sp³-hybridized carbons (Fsp3) is 0.591. The van der Waals surface area contributed by atoms with Crippen LogP contribution in [0.1, 0.15) is 52.1 Å². The first-order chi connectivity index (χ1) is 15.1. The van der Waals surface area contributed by atoms with E-state index in [-0.39, 0.29) is 18.1 Å². The van der Waals surface area contributed by atoms with Gasteiger partial charge in [-0.15, -0.1) is 4.72 Å². The molecule has 1 amide bonds. The minimum absolute atomic E-state index is 0.136. The first-order valence-electron chi connectivity index (χ1n) is 10.8. The van der Waals surface area contributed by atoms with Crippen LogP contribution >= 0.6 is 11.6 Å². The third-order valence-corrected chi connectivity index (χ3v) is 7.61. The molecule has 2 fully saturated rings. The maximum atomic E-state index is 13.1. The van der Waals surface area contributed by atoms with E-state index in [0.717, 1.165) is 10.9 Å². The Kier molecular flexibility index (Phi) is 6.55. The van der Waals surface area contributed by atoms with Crippen molar-refractivity contribution in [1.29, 1.82) is 0 Å². The number of carbonyl (C=O) groups is 1. The molecule has 1 N–H and O–H groups in total. The second-order valence-corrected chi connectivity index (χ2v) is 11.8. The van der Waals surface area contributed by atoms with Gasteiger partial charge in [0.15, 0.2) is 0 Å². The van der Waals surface area contributed by atoms with E-state index in [1.54, 1.807) is 23.4 Å². The van der Waals surface area contributed by atoms with Crippen molar-refractivity contribution >= 4 is 39.6 Å². The SMILES string of the molecule is CC[C@@H](N[S@@+]([O-])C(C)(C)C)c1cnc(OC2CN(C(=O)[C@@H]3C[C@@H]3F)C2)c2cnc(Cl)cc12. The minimum Gasteiger partial charge on any atom is -0.598 e. The molecule has 2 aromatic heterocycles. The van der Waals surface area contributed by atoms with Crippen LogP contribution in [0.5, 0.6) is 5.88 Å². The number of fused-ring (bicyclic) bond motifs is 1. The highest BCUT2D eigenvalue weighted by atomic mass is 35.5. The number of nitrogens with zero attached hydrogens (tertiary/aromatic N) is 3. The number of alkyl halides is 1. The topological polar surface area (TPSA) is 90.4 Å². The molecule has 4 atom stereocenters. The van der Waals surface area contributed by atoms with Crippen LogP contribution in [0.25, 0.3) is 10.8 Å². The number of pyridine rings is 2. The Morgan fingerprint density at radius 2 is 2.06 bits per heavy atom. The largest absolute Gasteiger partial charge is 0.598 e. The summed E-state index contributed by atoms with van der Waals surface area (Å²) in [5, 5.41) is 1.86. The van der Waals surface area contributed by atoms with Crippen molar-refractivity contribution in [3.8, 4) is 5.88 Å². The number of nitrogens with one attached hydrogen (secondary N) is 1. The monoisotopic (exact) mass is 482 g/mol. The highest BCUT2D eigenvalue weighted by Gasteiger charge is 2.48. The summed E-state index contributed by atoms with van der Waals surface area (Å²) in [7, 11) is 0. The number of likely N-dealkylation sites (tertiary alicyclic amines) is 1. The number of aromatic nitrogens is 2. The molecular formula is C22H28ClFN4O3S. The number of carbonyl (C=O) groups excluding carboxylic acids is 1. The van der Waals surface area contributed by atoms with Crippen LogP contribution in [0.4, 0.5) is 4.39 Å². The first kappa shape index (κ1) is 23.5. The zero-order chi connectivity index (χ0) is 23.2. The van der Waals surface area contributed by atoms with Crippen molar-refractivity contribution in [3.63, 3.8) is 0 Å². The molecule has 0 aromatic carbocycles. The highest BCUT2D eigenvalue weighted by Crippen LogP contribution is 2.37. The molecule has 0 spiro atoms. The van der Waals surface area contributed by atoms with E-state index in [2.05, 4.69) is 14.7 Å². The van der Waals surface area contributed by atoms with Crippen molar-refractivity contribution < 1.29 is 18.5 Å². The molecule has 32 heavy (non-hydrogen) atoms. The molecule has 2 aromatic rings. The lowest BCUT2D eigenvalue weighted by Gasteiger charge is -2.39. The lowest BCUT2D eigenvalue weighted by atomic mass is 10.0. The standard InChI is InChI=1S/C22H28ClFN4O3S/c1-5-18(27-32(30)22(2,3)4)15-8-26-20(16-9-25-19(23)7-13(15)16)31-12-10-28(11-12)21(29)14-6-17(14)24/h7-9,12,14,17-18,27H,5-6,10-11H2,1-4H3/t14-,17+,18-,32+/m1/s1. The second-order valence-electron chi connectivity index (χ2n) is 9.37. The molecule has 1 saturated heterocycles. The maximum absolute atomic E-state index is 13.1. The predicted molar refractivity (Wildman–Crippen MR) is 123 cm³/mol. The lowest BCUT2D eigenvalue weighted by Crippen LogP contribution is -2.56. The molecule has 0 unspecified atom stereocenters. The van der Waals surface area contributed by atoms with Crippen LogP contribution in [-0.4, -0.2) is 55.4 Å². The van der Waals surface area contributed by atoms with Crippen LogP contribution in [-0.2, 0) is 16.2 Å². The van der Waals surface area contributed by atoms with Gasteiger partial charge in [-0.05, 0) is 45.1 Å². The zero-order valence-electron chi connectivity index (χ0n) is 18.6. The Labute approximate surface area is 195 Å². The molecule has 0 bridgehead atoms. The molecular weight excluding hydrogens is 455 g/mol. The van der Waals surface area contributed by atoms with Crippen molar-refractivity contribution in [2.75, 3.05) is 13.1 Å². The molecule has 10 heteroatoms. The normalized spacial score (nSPS) is 23.0. The van der Waals surface area contributed by atoms with E-state index in [4.69, 9.17) is 16.3 Å². The van der Waals surface area contributed by atoms with Crippen LogP contribution in [0, 0.1) is 5.92 Å². The summed E-state index contributed by atoms with van der Waals surface area (Å²) in [6.07, 6.45) is 3.17. The van der Waals surface area contributed by atoms with Crippen LogP contribution < -0.4 is 9.46 Å². The molecule has 2 aliphatic rings. The molecule has 7 nitrogen and oxygen atoms in total. The Balaban J connectivity index is 1.54. The van der Waals surface area contributed by atoms with Gasteiger partial charge in [-0.3, -0.25) is 4.79 Å². The Hall–Kier alpha value is -1.68. The maximum Gasteiger partial charge on any atom is 0.228 e. The summed E-state index contributed by atoms with van der Waals surface area (Å²) in [6.45, 7) is 8.59. The molecule has 0 radical (unpaired) electrons. The van der Waals surface area contributed by atoms with Gasteiger partial charge in [-0.1, -0.05) is 18.5 Å². The van der Waals surface area contributed by atoms with E-state index >= 15 is 0 Å². The minimum atomic E-state index is -1.25. The Bertz CT molecular complexity index is 1010. The Morgan fingerprint density at radius 3 is 2.66 bits per heavy atom. The van der Waals surface area contributed by atoms with E-state index in [1.165, 1.54) is 0 Å². The summed E-state index contributed by atoms with van der Waals surface area (Å²) in [5.41, 5.74) is 0.866. The lowest BCUT2D eigenvalue weighted by molar-refractivity contribution is -0.141. The van der Waals surface area contributed by atoms with Gasteiger partial charge in [-0.2, -0.15) is 0 Å². The van der Waals surface area contributed by atoms with Crippen LogP contribution in [0.2, 0.25) is 5.15 Å². The van der Waals surface area contributed by atoms with Gasteiger partial charge < -0.3 is 14.2 Å². The van der Waals surface area contributed by atoms with Crippen molar-refractivity contribution in [1.82, 2.24) is 19.6 Å². The number of amides is 1. The summed E-state index contributed by atoms with van der Waals surface area (Å²) in [4.78, 5) is 22.4. The first-order valence-corrected chi connectivity index (χ1v) is 12.3. The number of hydrogen-bond donors (Lipinski definition) is 1. The third kappa shape index (κ3) is 4.81. The van der Waals surface area contributed by atoms with Crippen molar-refractivity contribution in [2.24, 2.45) is 5.92 Å². The predicted octanol–water partition coefficient (Wildman–Crippen LogP) is 3.73. The zero-order valence-corrected chi connectivity index (χ0v) is 20.2. The molecule has 4 rings (SSSR count). The van der Waals surface area contributed by atoms with Gasteiger partial charge in [0.25, 0.3) is 0 Å². The fourth-order valence-electron chi connectivity index (χ4n) is 3.66.